The Balaban J connectivity index is 2.08. The van der Waals surface area contributed by atoms with Gasteiger partial charge in [0.25, 0.3) is 5.91 Å². The molecule has 0 saturated heterocycles. The summed E-state index contributed by atoms with van der Waals surface area (Å²) in [5.74, 6) is 0.917. The zero-order chi connectivity index (χ0) is 16.8. The Kier molecular flexibility index (Phi) is 5.95. The highest BCUT2D eigenvalue weighted by Gasteiger charge is 2.12. The first-order chi connectivity index (χ1) is 11.0. The van der Waals surface area contributed by atoms with Crippen molar-refractivity contribution in [3.8, 4) is 11.5 Å². The third-order valence-corrected chi connectivity index (χ3v) is 3.90. The number of carbonyl (C=O) groups excluding carboxylic acids is 1. The molecular weight excluding hydrogens is 380 g/mol. The summed E-state index contributed by atoms with van der Waals surface area (Å²) in [6.45, 7) is 0. The summed E-state index contributed by atoms with van der Waals surface area (Å²) < 4.78 is 11.1. The summed E-state index contributed by atoms with van der Waals surface area (Å²) in [6, 6.07) is 12.4. The van der Waals surface area contributed by atoms with Crippen LogP contribution >= 0.6 is 28.1 Å². The van der Waals surface area contributed by atoms with Crippen LogP contribution in [0.5, 0.6) is 11.5 Å². The van der Waals surface area contributed by atoms with Gasteiger partial charge in [0.05, 0.1) is 25.5 Å². The molecule has 2 aromatic rings. The number of nitrogens with one attached hydrogen (secondary N) is 2. The second-order valence-corrected chi connectivity index (χ2v) is 5.72. The van der Waals surface area contributed by atoms with Crippen molar-refractivity contribution in [2.75, 3.05) is 19.5 Å². The summed E-state index contributed by atoms with van der Waals surface area (Å²) in [5, 5.41) is 5.74. The van der Waals surface area contributed by atoms with Crippen LogP contribution in [0.3, 0.4) is 0 Å². The zero-order valence-corrected chi connectivity index (χ0v) is 15.0. The van der Waals surface area contributed by atoms with Crippen molar-refractivity contribution >= 4 is 44.9 Å². The largest absolute Gasteiger partial charge is 0.497 e. The van der Waals surface area contributed by atoms with E-state index in [0.29, 0.717) is 27.2 Å². The van der Waals surface area contributed by atoms with E-state index in [0.717, 1.165) is 0 Å². The van der Waals surface area contributed by atoms with Crippen molar-refractivity contribution < 1.29 is 14.3 Å². The van der Waals surface area contributed by atoms with E-state index < -0.39 is 0 Å². The van der Waals surface area contributed by atoms with Crippen molar-refractivity contribution in [1.29, 1.82) is 0 Å². The van der Waals surface area contributed by atoms with Gasteiger partial charge in [-0.25, -0.2) is 0 Å². The van der Waals surface area contributed by atoms with Crippen molar-refractivity contribution in [3.63, 3.8) is 0 Å². The van der Waals surface area contributed by atoms with Gasteiger partial charge >= 0.3 is 0 Å². The van der Waals surface area contributed by atoms with E-state index in [9.17, 15) is 4.79 Å². The molecule has 2 aromatic carbocycles. The highest BCUT2D eigenvalue weighted by Crippen LogP contribution is 2.28. The van der Waals surface area contributed by atoms with E-state index in [2.05, 4.69) is 26.6 Å². The first-order valence-corrected chi connectivity index (χ1v) is 7.84. The number of methoxy groups -OCH3 is 2. The van der Waals surface area contributed by atoms with E-state index in [1.165, 1.54) is 0 Å². The molecule has 2 rings (SSSR count). The van der Waals surface area contributed by atoms with E-state index in [-0.39, 0.29) is 11.0 Å². The molecule has 1 amide bonds. The fourth-order valence-corrected chi connectivity index (χ4v) is 2.54. The molecule has 7 heteroatoms. The summed E-state index contributed by atoms with van der Waals surface area (Å²) in [6.07, 6.45) is 0. The number of hydrogen-bond acceptors (Lipinski definition) is 4. The van der Waals surface area contributed by atoms with Gasteiger partial charge in [0.15, 0.2) is 5.11 Å². The van der Waals surface area contributed by atoms with Crippen molar-refractivity contribution in [1.82, 2.24) is 5.32 Å². The number of anilines is 1. The summed E-state index contributed by atoms with van der Waals surface area (Å²) >= 11 is 8.51. The Bertz CT molecular complexity index is 737. The lowest BCUT2D eigenvalue weighted by Gasteiger charge is -2.14. The fourth-order valence-electron chi connectivity index (χ4n) is 1.87. The average Bonchev–Trinajstić information content (AvgIpc) is 2.55. The van der Waals surface area contributed by atoms with Crippen molar-refractivity contribution in [3.05, 3.63) is 52.5 Å². The molecule has 0 heterocycles. The highest BCUT2D eigenvalue weighted by atomic mass is 79.9. The van der Waals surface area contributed by atoms with E-state index >= 15 is 0 Å². The Labute approximate surface area is 148 Å². The Morgan fingerprint density at radius 3 is 2.52 bits per heavy atom. The van der Waals surface area contributed by atoms with Crippen LogP contribution in [-0.2, 0) is 0 Å². The maximum absolute atomic E-state index is 12.2. The molecule has 23 heavy (non-hydrogen) atoms. The van der Waals surface area contributed by atoms with Crippen molar-refractivity contribution in [2.45, 2.75) is 0 Å². The Hall–Kier alpha value is -2.12. The molecule has 0 atom stereocenters. The molecule has 5 nitrogen and oxygen atoms in total. The Morgan fingerprint density at radius 1 is 1.13 bits per heavy atom. The standard InChI is InChI=1S/C16H15BrN2O3S/c1-21-10-7-8-13(14(9-10)22-2)18-16(23)19-15(20)11-5-3-4-6-12(11)17/h3-9H,1-2H3,(H2,18,19,20,23). The fraction of sp³-hybridized carbons (Fsp3) is 0.125. The minimum absolute atomic E-state index is 0.175. The van der Waals surface area contributed by atoms with Gasteiger partial charge in [-0.2, -0.15) is 0 Å². The minimum Gasteiger partial charge on any atom is -0.497 e. The van der Waals surface area contributed by atoms with Gasteiger partial charge in [-0.05, 0) is 52.4 Å². The number of carbonyl (C=O) groups is 1. The minimum atomic E-state index is -0.303. The quantitative estimate of drug-likeness (QED) is 0.775. The van der Waals surface area contributed by atoms with Crippen LogP contribution < -0.4 is 20.1 Å². The van der Waals surface area contributed by atoms with Crippen LogP contribution in [0, 0.1) is 0 Å². The molecule has 0 spiro atoms. The van der Waals surface area contributed by atoms with Crippen LogP contribution in [0.1, 0.15) is 10.4 Å². The van der Waals surface area contributed by atoms with E-state index in [4.69, 9.17) is 21.7 Å². The van der Waals surface area contributed by atoms with E-state index in [1.54, 1.807) is 50.6 Å². The van der Waals surface area contributed by atoms with Crippen LogP contribution in [0.4, 0.5) is 5.69 Å². The number of benzene rings is 2. The van der Waals surface area contributed by atoms with Gasteiger partial charge in [0.2, 0.25) is 0 Å². The van der Waals surface area contributed by atoms with Crippen LogP contribution in [-0.4, -0.2) is 25.2 Å². The number of halogens is 1. The van der Waals surface area contributed by atoms with Crippen LogP contribution in [0.25, 0.3) is 0 Å². The van der Waals surface area contributed by atoms with Crippen LogP contribution in [0.2, 0.25) is 0 Å². The molecule has 0 aliphatic rings. The maximum Gasteiger partial charge on any atom is 0.258 e. The lowest BCUT2D eigenvalue weighted by atomic mass is 10.2. The summed E-state index contributed by atoms with van der Waals surface area (Å²) in [5.41, 5.74) is 1.13. The first-order valence-electron chi connectivity index (χ1n) is 6.64. The van der Waals surface area contributed by atoms with Gasteiger partial charge in [0.1, 0.15) is 11.5 Å². The third-order valence-electron chi connectivity index (χ3n) is 3.00. The molecule has 0 radical (unpaired) electrons. The smallest absolute Gasteiger partial charge is 0.258 e. The molecule has 2 N–H and O–H groups in total. The predicted octanol–water partition coefficient (Wildman–Crippen LogP) is 3.59. The maximum atomic E-state index is 12.2. The molecule has 0 fully saturated rings. The Morgan fingerprint density at radius 2 is 1.87 bits per heavy atom. The molecule has 0 bridgehead atoms. The molecule has 0 saturated carbocycles. The molecule has 0 aliphatic heterocycles. The summed E-state index contributed by atoms with van der Waals surface area (Å²) in [4.78, 5) is 12.2. The lowest BCUT2D eigenvalue weighted by molar-refractivity contribution is 0.0977. The number of thiocarbonyl (C=S) groups is 1. The molecule has 120 valence electrons. The topological polar surface area (TPSA) is 59.6 Å². The normalized spacial score (nSPS) is 9.87. The van der Waals surface area contributed by atoms with Gasteiger partial charge in [-0.1, -0.05) is 12.1 Å². The molecule has 0 aromatic heterocycles. The van der Waals surface area contributed by atoms with Gasteiger partial charge in [-0.3, -0.25) is 10.1 Å². The van der Waals surface area contributed by atoms with E-state index in [1.807, 2.05) is 6.07 Å². The highest BCUT2D eigenvalue weighted by molar-refractivity contribution is 9.10. The lowest BCUT2D eigenvalue weighted by Crippen LogP contribution is -2.34. The number of amides is 1. The van der Waals surface area contributed by atoms with Crippen LogP contribution in [0.15, 0.2) is 46.9 Å². The van der Waals surface area contributed by atoms with Gasteiger partial charge in [0, 0.05) is 10.5 Å². The predicted molar refractivity (Wildman–Crippen MR) is 97.4 cm³/mol. The molecule has 0 aliphatic carbocycles. The van der Waals surface area contributed by atoms with Crippen molar-refractivity contribution in [2.24, 2.45) is 0 Å². The monoisotopic (exact) mass is 394 g/mol. The number of rotatable bonds is 4. The van der Waals surface area contributed by atoms with Gasteiger partial charge < -0.3 is 14.8 Å². The second-order valence-electron chi connectivity index (χ2n) is 4.45. The van der Waals surface area contributed by atoms with Gasteiger partial charge in [-0.15, -0.1) is 0 Å². The zero-order valence-electron chi connectivity index (χ0n) is 12.6. The number of hydrogen-bond donors (Lipinski definition) is 2. The first kappa shape index (κ1) is 17.2. The molecule has 0 unspecified atom stereocenters. The third kappa shape index (κ3) is 4.43. The SMILES string of the molecule is COc1ccc(NC(=S)NC(=O)c2ccccc2Br)c(OC)c1. The average molecular weight is 395 g/mol. The second kappa shape index (κ2) is 7.94. The number of ether oxygens (including phenoxy) is 2. The molecular formula is C16H15BrN2O3S. The summed E-state index contributed by atoms with van der Waals surface area (Å²) in [7, 11) is 3.12.